The quantitative estimate of drug-likeness (QED) is 0.489. The van der Waals surface area contributed by atoms with Crippen molar-refractivity contribution in [2.24, 2.45) is 0 Å². The number of carbonyl (C=O) groups excluding carboxylic acids is 1. The molecule has 1 aromatic rings. The van der Waals surface area contributed by atoms with Gasteiger partial charge >= 0.3 is 5.97 Å². The van der Waals surface area contributed by atoms with E-state index in [2.05, 4.69) is 0 Å². The Labute approximate surface area is 137 Å². The van der Waals surface area contributed by atoms with Gasteiger partial charge in [-0.25, -0.2) is 0 Å². The SMILES string of the molecule is O=C(O)CCN1C(=O)\C(=C/C=C/C=C/c2ccco2)SC1=S. The Morgan fingerprint density at radius 2 is 2.23 bits per heavy atom. The van der Waals surface area contributed by atoms with Crippen LogP contribution >= 0.6 is 24.0 Å². The van der Waals surface area contributed by atoms with Gasteiger partial charge in [0.25, 0.3) is 5.91 Å². The average Bonchev–Trinajstić information content (AvgIpc) is 3.06. The fourth-order valence-electron chi connectivity index (χ4n) is 1.66. The number of furan rings is 1. The normalized spacial score (nSPS) is 17.5. The maximum absolute atomic E-state index is 12.1. The van der Waals surface area contributed by atoms with E-state index in [9.17, 15) is 9.59 Å². The van der Waals surface area contributed by atoms with Crippen molar-refractivity contribution in [2.45, 2.75) is 6.42 Å². The van der Waals surface area contributed by atoms with Gasteiger partial charge in [-0.15, -0.1) is 0 Å². The Bertz CT molecular complexity index is 659. The van der Waals surface area contributed by atoms with Crippen LogP contribution in [0.1, 0.15) is 12.2 Å². The summed E-state index contributed by atoms with van der Waals surface area (Å²) in [4.78, 5) is 24.4. The third-order valence-corrected chi connectivity index (χ3v) is 4.09. The molecule has 0 spiro atoms. The fourth-order valence-corrected chi connectivity index (χ4v) is 2.92. The summed E-state index contributed by atoms with van der Waals surface area (Å²) >= 11 is 6.26. The molecule has 1 aromatic heterocycles. The molecule has 1 fully saturated rings. The Kier molecular flexibility index (Phi) is 5.74. The molecule has 1 saturated heterocycles. The zero-order valence-electron chi connectivity index (χ0n) is 11.5. The van der Waals surface area contributed by atoms with Crippen LogP contribution in [0.5, 0.6) is 0 Å². The number of thioether (sulfide) groups is 1. The molecule has 0 bridgehead atoms. The van der Waals surface area contributed by atoms with Gasteiger partial charge in [-0.2, -0.15) is 0 Å². The third-order valence-electron chi connectivity index (χ3n) is 2.70. The highest BCUT2D eigenvalue weighted by Gasteiger charge is 2.31. The molecule has 7 heteroatoms. The lowest BCUT2D eigenvalue weighted by Crippen LogP contribution is -2.30. The Morgan fingerprint density at radius 3 is 2.91 bits per heavy atom. The highest BCUT2D eigenvalue weighted by atomic mass is 32.2. The van der Waals surface area contributed by atoms with Crippen molar-refractivity contribution in [1.82, 2.24) is 4.90 Å². The van der Waals surface area contributed by atoms with Crippen molar-refractivity contribution in [3.8, 4) is 0 Å². The minimum atomic E-state index is -0.957. The predicted octanol–water partition coefficient (Wildman–Crippen LogP) is 3.07. The Balaban J connectivity index is 1.93. The standard InChI is InChI=1S/C15H13NO4S2/c17-13(18)8-9-16-14(19)12(22-15(16)21)7-3-1-2-5-11-6-4-10-20-11/h1-7,10H,8-9H2,(H,17,18)/b3-1+,5-2+,12-7+. The second-order valence-electron chi connectivity index (χ2n) is 4.26. The van der Waals surface area contributed by atoms with Gasteiger partial charge in [0.05, 0.1) is 17.6 Å². The summed E-state index contributed by atoms with van der Waals surface area (Å²) in [5, 5.41) is 8.66. The first-order chi connectivity index (χ1) is 10.6. The van der Waals surface area contributed by atoms with Crippen molar-refractivity contribution in [3.05, 3.63) is 53.4 Å². The number of hydrogen-bond acceptors (Lipinski definition) is 5. The molecular weight excluding hydrogens is 322 g/mol. The van der Waals surface area contributed by atoms with Crippen LogP contribution in [0.3, 0.4) is 0 Å². The van der Waals surface area contributed by atoms with E-state index in [1.165, 1.54) is 16.7 Å². The Hall–Kier alpha value is -2.12. The van der Waals surface area contributed by atoms with Crippen LogP contribution in [0.4, 0.5) is 0 Å². The van der Waals surface area contributed by atoms with Crippen molar-refractivity contribution in [3.63, 3.8) is 0 Å². The van der Waals surface area contributed by atoms with E-state index in [0.29, 0.717) is 9.23 Å². The summed E-state index contributed by atoms with van der Waals surface area (Å²) < 4.78 is 5.52. The van der Waals surface area contributed by atoms with Gasteiger partial charge in [0.1, 0.15) is 10.1 Å². The van der Waals surface area contributed by atoms with E-state index in [1.54, 1.807) is 42.7 Å². The molecule has 0 unspecified atom stereocenters. The lowest BCUT2D eigenvalue weighted by molar-refractivity contribution is -0.137. The average molecular weight is 335 g/mol. The smallest absolute Gasteiger partial charge is 0.305 e. The molecule has 0 aliphatic carbocycles. The van der Waals surface area contributed by atoms with Crippen LogP contribution in [0, 0.1) is 0 Å². The minimum absolute atomic E-state index is 0.0967. The molecule has 0 radical (unpaired) electrons. The molecule has 5 nitrogen and oxygen atoms in total. The summed E-state index contributed by atoms with van der Waals surface area (Å²) in [6.45, 7) is 0.0967. The van der Waals surface area contributed by atoms with Gasteiger partial charge in [-0.1, -0.05) is 42.2 Å². The van der Waals surface area contributed by atoms with Crippen LogP contribution < -0.4 is 0 Å². The van der Waals surface area contributed by atoms with E-state index in [1.807, 2.05) is 6.07 Å². The molecule has 114 valence electrons. The number of hydrogen-bond donors (Lipinski definition) is 1. The van der Waals surface area contributed by atoms with E-state index < -0.39 is 5.97 Å². The van der Waals surface area contributed by atoms with Crippen molar-refractivity contribution >= 4 is 46.3 Å². The highest BCUT2D eigenvalue weighted by Crippen LogP contribution is 2.30. The molecule has 2 rings (SSSR count). The van der Waals surface area contributed by atoms with Gasteiger partial charge in [-0.3, -0.25) is 14.5 Å². The van der Waals surface area contributed by atoms with Crippen molar-refractivity contribution in [1.29, 1.82) is 0 Å². The molecule has 1 aliphatic rings. The van der Waals surface area contributed by atoms with Gasteiger partial charge in [-0.05, 0) is 24.3 Å². The molecule has 0 atom stereocenters. The molecule has 1 amide bonds. The van der Waals surface area contributed by atoms with Gasteiger partial charge < -0.3 is 9.52 Å². The maximum Gasteiger partial charge on any atom is 0.305 e. The first kappa shape index (κ1) is 16.3. The number of aliphatic carboxylic acids is 1. The molecule has 1 aliphatic heterocycles. The molecule has 0 saturated carbocycles. The highest BCUT2D eigenvalue weighted by molar-refractivity contribution is 8.26. The first-order valence-corrected chi connectivity index (χ1v) is 7.64. The number of rotatable bonds is 6. The number of carbonyl (C=O) groups is 2. The maximum atomic E-state index is 12.1. The van der Waals surface area contributed by atoms with E-state index in [0.717, 1.165) is 5.76 Å². The molecular formula is C15H13NO4S2. The monoisotopic (exact) mass is 335 g/mol. The van der Waals surface area contributed by atoms with E-state index in [4.69, 9.17) is 21.7 Å². The predicted molar refractivity (Wildman–Crippen MR) is 89.1 cm³/mol. The van der Waals surface area contributed by atoms with Crippen LogP contribution in [-0.2, 0) is 9.59 Å². The second-order valence-corrected chi connectivity index (χ2v) is 5.93. The summed E-state index contributed by atoms with van der Waals surface area (Å²) in [6, 6.07) is 3.63. The number of allylic oxidation sites excluding steroid dienone is 4. The molecule has 2 heterocycles. The summed E-state index contributed by atoms with van der Waals surface area (Å²) in [5.74, 6) is -0.471. The number of nitrogens with zero attached hydrogens (tertiary/aromatic N) is 1. The number of carboxylic acid groups (broad SMARTS) is 1. The Morgan fingerprint density at radius 1 is 1.41 bits per heavy atom. The van der Waals surface area contributed by atoms with E-state index >= 15 is 0 Å². The summed E-state index contributed by atoms with van der Waals surface area (Å²) in [7, 11) is 0. The third kappa shape index (κ3) is 4.44. The molecule has 1 N–H and O–H groups in total. The largest absolute Gasteiger partial charge is 0.481 e. The zero-order valence-corrected chi connectivity index (χ0v) is 13.1. The number of amides is 1. The topological polar surface area (TPSA) is 70.8 Å². The van der Waals surface area contributed by atoms with Crippen LogP contribution in [-0.4, -0.2) is 32.7 Å². The van der Waals surface area contributed by atoms with Crippen LogP contribution in [0.15, 0.2) is 52.0 Å². The van der Waals surface area contributed by atoms with Crippen LogP contribution in [0.2, 0.25) is 0 Å². The van der Waals surface area contributed by atoms with Crippen LogP contribution in [0.25, 0.3) is 6.08 Å². The number of thiocarbonyl (C=S) groups is 1. The molecule has 0 aromatic carbocycles. The second kappa shape index (κ2) is 7.77. The zero-order chi connectivity index (χ0) is 15.9. The molecule has 22 heavy (non-hydrogen) atoms. The van der Waals surface area contributed by atoms with Crippen molar-refractivity contribution < 1.29 is 19.1 Å². The van der Waals surface area contributed by atoms with Gasteiger partial charge in [0.2, 0.25) is 0 Å². The minimum Gasteiger partial charge on any atom is -0.481 e. The first-order valence-electron chi connectivity index (χ1n) is 6.42. The fraction of sp³-hybridized carbons (Fsp3) is 0.133. The van der Waals surface area contributed by atoms with E-state index in [-0.39, 0.29) is 18.9 Å². The van der Waals surface area contributed by atoms with Crippen molar-refractivity contribution in [2.75, 3.05) is 6.54 Å². The number of carboxylic acids is 1. The lowest BCUT2D eigenvalue weighted by atomic mass is 10.3. The van der Waals surface area contributed by atoms with Gasteiger partial charge in [0, 0.05) is 6.54 Å². The lowest BCUT2D eigenvalue weighted by Gasteiger charge is -2.12. The summed E-state index contributed by atoms with van der Waals surface area (Å²) in [5.41, 5.74) is 0. The summed E-state index contributed by atoms with van der Waals surface area (Å²) in [6.07, 6.45) is 10.2. The van der Waals surface area contributed by atoms with Gasteiger partial charge in [0.15, 0.2) is 0 Å².